The molecule has 0 amide bonds. The van der Waals surface area contributed by atoms with Gasteiger partial charge < -0.3 is 10.1 Å². The van der Waals surface area contributed by atoms with Crippen molar-refractivity contribution in [2.24, 2.45) is 5.92 Å². The lowest BCUT2D eigenvalue weighted by atomic mass is 9.91. The lowest BCUT2D eigenvalue weighted by molar-refractivity contribution is 0.118. The Labute approximate surface area is 110 Å². The van der Waals surface area contributed by atoms with Gasteiger partial charge in [-0.2, -0.15) is 0 Å². The van der Waals surface area contributed by atoms with Gasteiger partial charge in [0.1, 0.15) is 5.75 Å². The summed E-state index contributed by atoms with van der Waals surface area (Å²) >= 11 is 0. The summed E-state index contributed by atoms with van der Waals surface area (Å²) in [6.07, 6.45) is 8.12. The summed E-state index contributed by atoms with van der Waals surface area (Å²) in [7, 11) is 0. The van der Waals surface area contributed by atoms with Crippen LogP contribution in [0.2, 0.25) is 0 Å². The first-order valence-electron chi connectivity index (χ1n) is 7.37. The van der Waals surface area contributed by atoms with Crippen molar-refractivity contribution in [1.29, 1.82) is 0 Å². The van der Waals surface area contributed by atoms with E-state index in [2.05, 4.69) is 29.6 Å². The minimum absolute atomic E-state index is 0.482. The van der Waals surface area contributed by atoms with Crippen LogP contribution in [0.25, 0.3) is 0 Å². The van der Waals surface area contributed by atoms with Crippen molar-refractivity contribution in [3.8, 4) is 5.75 Å². The largest absolute Gasteiger partial charge is 0.490 e. The highest BCUT2D eigenvalue weighted by Crippen LogP contribution is 2.29. The van der Waals surface area contributed by atoms with Crippen molar-refractivity contribution in [1.82, 2.24) is 5.32 Å². The van der Waals surface area contributed by atoms with E-state index in [0.29, 0.717) is 6.10 Å². The molecule has 2 aliphatic rings. The van der Waals surface area contributed by atoms with Crippen LogP contribution in [-0.2, 0) is 6.42 Å². The summed E-state index contributed by atoms with van der Waals surface area (Å²) in [5.41, 5.74) is 1.40. The van der Waals surface area contributed by atoms with Crippen molar-refractivity contribution < 1.29 is 4.74 Å². The molecule has 1 saturated carbocycles. The van der Waals surface area contributed by atoms with Crippen LogP contribution in [-0.4, -0.2) is 19.2 Å². The lowest BCUT2D eigenvalue weighted by Crippen LogP contribution is -2.31. The normalized spacial score (nSPS) is 24.6. The fourth-order valence-corrected chi connectivity index (χ4v) is 2.86. The van der Waals surface area contributed by atoms with Crippen LogP contribution < -0.4 is 10.1 Å². The number of nitrogens with one attached hydrogen (secondary N) is 1. The second-order valence-electron chi connectivity index (χ2n) is 5.69. The standard InChI is InChI=1S/C16H23NO/c1-2-9-16(18-15-7-3-8-15)14(6-1)11-13-5-4-10-17-12-13/h1-2,6,9,13,15,17H,3-5,7-8,10-12H2. The average molecular weight is 245 g/mol. The zero-order chi connectivity index (χ0) is 12.2. The SMILES string of the molecule is c1ccc(OC2CCC2)c(CC2CCCNC2)c1. The van der Waals surface area contributed by atoms with Crippen LogP contribution >= 0.6 is 0 Å². The highest BCUT2D eigenvalue weighted by atomic mass is 16.5. The van der Waals surface area contributed by atoms with E-state index in [1.165, 1.54) is 44.2 Å². The molecule has 2 heteroatoms. The van der Waals surface area contributed by atoms with Gasteiger partial charge in [-0.05, 0) is 69.2 Å². The van der Waals surface area contributed by atoms with Gasteiger partial charge in [0.25, 0.3) is 0 Å². The molecule has 1 unspecified atom stereocenters. The first-order chi connectivity index (χ1) is 8.92. The van der Waals surface area contributed by atoms with E-state index < -0.39 is 0 Å². The Kier molecular flexibility index (Phi) is 3.84. The van der Waals surface area contributed by atoms with Crippen molar-refractivity contribution in [2.75, 3.05) is 13.1 Å². The van der Waals surface area contributed by atoms with E-state index in [1.807, 2.05) is 0 Å². The average Bonchev–Trinajstić information content (AvgIpc) is 2.37. The molecule has 18 heavy (non-hydrogen) atoms. The lowest BCUT2D eigenvalue weighted by Gasteiger charge is -2.29. The van der Waals surface area contributed by atoms with Crippen molar-refractivity contribution in [2.45, 2.75) is 44.6 Å². The first kappa shape index (κ1) is 12.0. The molecule has 2 fully saturated rings. The number of hydrogen-bond acceptors (Lipinski definition) is 2. The molecule has 2 nitrogen and oxygen atoms in total. The topological polar surface area (TPSA) is 21.3 Å². The molecule has 1 N–H and O–H groups in total. The van der Waals surface area contributed by atoms with Crippen LogP contribution in [0.15, 0.2) is 24.3 Å². The summed E-state index contributed by atoms with van der Waals surface area (Å²) in [6, 6.07) is 8.61. The summed E-state index contributed by atoms with van der Waals surface area (Å²) in [5, 5.41) is 3.50. The van der Waals surface area contributed by atoms with E-state index >= 15 is 0 Å². The Hall–Kier alpha value is -1.02. The number of ether oxygens (including phenoxy) is 1. The Morgan fingerprint density at radius 1 is 1.11 bits per heavy atom. The van der Waals surface area contributed by atoms with E-state index in [9.17, 15) is 0 Å². The molecule has 1 aromatic rings. The summed E-state index contributed by atoms with van der Waals surface area (Å²) < 4.78 is 6.10. The monoisotopic (exact) mass is 245 g/mol. The van der Waals surface area contributed by atoms with Crippen molar-refractivity contribution in [3.63, 3.8) is 0 Å². The molecular weight excluding hydrogens is 222 g/mol. The zero-order valence-corrected chi connectivity index (χ0v) is 11.0. The number of para-hydroxylation sites is 1. The molecule has 1 aliphatic heterocycles. The van der Waals surface area contributed by atoms with Crippen LogP contribution in [0.3, 0.4) is 0 Å². The number of piperidine rings is 1. The van der Waals surface area contributed by atoms with E-state index in [1.54, 1.807) is 0 Å². The second-order valence-corrected chi connectivity index (χ2v) is 5.69. The third kappa shape index (κ3) is 2.86. The van der Waals surface area contributed by atoms with Crippen molar-refractivity contribution >= 4 is 0 Å². The van der Waals surface area contributed by atoms with E-state index in [0.717, 1.165) is 24.6 Å². The summed E-state index contributed by atoms with van der Waals surface area (Å²) in [5.74, 6) is 1.91. The van der Waals surface area contributed by atoms with Gasteiger partial charge in [0.05, 0.1) is 6.10 Å². The minimum atomic E-state index is 0.482. The molecule has 0 radical (unpaired) electrons. The third-order valence-corrected chi connectivity index (χ3v) is 4.23. The molecule has 1 heterocycles. The van der Waals surface area contributed by atoms with Gasteiger partial charge in [0.15, 0.2) is 0 Å². The molecule has 1 aliphatic carbocycles. The maximum absolute atomic E-state index is 6.10. The number of rotatable bonds is 4. The quantitative estimate of drug-likeness (QED) is 0.880. The van der Waals surface area contributed by atoms with E-state index in [4.69, 9.17) is 4.74 Å². The smallest absolute Gasteiger partial charge is 0.122 e. The molecule has 0 aromatic heterocycles. The molecule has 0 bridgehead atoms. The molecular formula is C16H23NO. The molecule has 98 valence electrons. The molecule has 1 atom stereocenters. The highest BCUT2D eigenvalue weighted by molar-refractivity contribution is 5.34. The molecule has 1 saturated heterocycles. The second kappa shape index (κ2) is 5.75. The Bertz CT molecular complexity index is 380. The predicted octanol–water partition coefficient (Wildman–Crippen LogP) is 3.16. The fourth-order valence-electron chi connectivity index (χ4n) is 2.86. The van der Waals surface area contributed by atoms with E-state index in [-0.39, 0.29) is 0 Å². The van der Waals surface area contributed by atoms with Crippen LogP contribution in [0.1, 0.15) is 37.7 Å². The minimum Gasteiger partial charge on any atom is -0.490 e. The zero-order valence-electron chi connectivity index (χ0n) is 11.0. The van der Waals surface area contributed by atoms with Crippen LogP contribution in [0, 0.1) is 5.92 Å². The number of hydrogen-bond donors (Lipinski definition) is 1. The van der Waals surface area contributed by atoms with Crippen molar-refractivity contribution in [3.05, 3.63) is 29.8 Å². The number of benzene rings is 1. The predicted molar refractivity (Wildman–Crippen MR) is 74.0 cm³/mol. The van der Waals surface area contributed by atoms with Gasteiger partial charge in [-0.15, -0.1) is 0 Å². The molecule has 3 rings (SSSR count). The van der Waals surface area contributed by atoms with Gasteiger partial charge in [-0.3, -0.25) is 0 Å². The molecule has 0 spiro atoms. The first-order valence-corrected chi connectivity index (χ1v) is 7.37. The summed E-state index contributed by atoms with van der Waals surface area (Å²) in [6.45, 7) is 2.36. The maximum atomic E-state index is 6.10. The Balaban J connectivity index is 1.65. The Morgan fingerprint density at radius 2 is 2.00 bits per heavy atom. The van der Waals surface area contributed by atoms with Crippen LogP contribution in [0.5, 0.6) is 5.75 Å². The van der Waals surface area contributed by atoms with Crippen LogP contribution in [0.4, 0.5) is 0 Å². The summed E-state index contributed by atoms with van der Waals surface area (Å²) in [4.78, 5) is 0. The van der Waals surface area contributed by atoms with Gasteiger partial charge in [0.2, 0.25) is 0 Å². The Morgan fingerprint density at radius 3 is 2.72 bits per heavy atom. The third-order valence-electron chi connectivity index (χ3n) is 4.23. The fraction of sp³-hybridized carbons (Fsp3) is 0.625. The van der Waals surface area contributed by atoms with Gasteiger partial charge >= 0.3 is 0 Å². The van der Waals surface area contributed by atoms with Gasteiger partial charge in [-0.25, -0.2) is 0 Å². The van der Waals surface area contributed by atoms with Gasteiger partial charge in [-0.1, -0.05) is 18.2 Å². The molecule has 1 aromatic carbocycles. The highest BCUT2D eigenvalue weighted by Gasteiger charge is 2.21. The maximum Gasteiger partial charge on any atom is 0.122 e. The van der Waals surface area contributed by atoms with Gasteiger partial charge in [0, 0.05) is 0 Å².